The van der Waals surface area contributed by atoms with E-state index in [0.29, 0.717) is 18.8 Å². The summed E-state index contributed by atoms with van der Waals surface area (Å²) in [4.78, 5) is 15.8. The summed E-state index contributed by atoms with van der Waals surface area (Å²) in [5.74, 6) is -0.446. The number of phenols is 2. The molecule has 0 unspecified atom stereocenters. The number of amides is 2. The monoisotopic (exact) mass is 251 g/mol. The molecule has 0 aromatic heterocycles. The summed E-state index contributed by atoms with van der Waals surface area (Å²) in [6, 6.07) is 4.02. The van der Waals surface area contributed by atoms with Gasteiger partial charge in [-0.3, -0.25) is 0 Å². The quantitative estimate of drug-likeness (QED) is 0.511. The predicted molar refractivity (Wildman–Crippen MR) is 67.9 cm³/mol. The minimum Gasteiger partial charge on any atom is -0.504 e. The smallest absolute Gasteiger partial charge is 0.321 e. The molecule has 2 rings (SSSR count). The van der Waals surface area contributed by atoms with Crippen LogP contribution in [-0.4, -0.2) is 59.3 Å². The Kier molecular flexibility index (Phi) is 3.57. The maximum absolute atomic E-state index is 11.9. The van der Waals surface area contributed by atoms with Gasteiger partial charge in [-0.2, -0.15) is 0 Å². The van der Waals surface area contributed by atoms with Gasteiger partial charge in [0.2, 0.25) is 0 Å². The zero-order valence-corrected chi connectivity index (χ0v) is 10.3. The molecule has 2 amide bonds. The van der Waals surface area contributed by atoms with Gasteiger partial charge in [0.25, 0.3) is 0 Å². The molecule has 1 aromatic carbocycles. The summed E-state index contributed by atoms with van der Waals surface area (Å²) in [5.41, 5.74) is 0.467. The maximum Gasteiger partial charge on any atom is 0.321 e. The molecule has 1 aliphatic rings. The van der Waals surface area contributed by atoms with Gasteiger partial charge in [0.15, 0.2) is 11.5 Å². The molecule has 0 spiro atoms. The maximum atomic E-state index is 11.9. The number of hydrogen-bond acceptors (Lipinski definition) is 4. The van der Waals surface area contributed by atoms with Crippen molar-refractivity contribution in [3.8, 4) is 11.5 Å². The van der Waals surface area contributed by atoms with Crippen LogP contribution in [0.5, 0.6) is 11.5 Å². The lowest BCUT2D eigenvalue weighted by Gasteiger charge is -2.32. The van der Waals surface area contributed by atoms with E-state index in [2.05, 4.69) is 10.2 Å². The average Bonchev–Trinajstić information content (AvgIpc) is 2.34. The lowest BCUT2D eigenvalue weighted by Crippen LogP contribution is -2.48. The SMILES string of the molecule is CN1CCN(C(=O)Nc2ccc(O)c(O)c2)CC1. The lowest BCUT2D eigenvalue weighted by atomic mass is 10.3. The second-order valence-corrected chi connectivity index (χ2v) is 4.42. The Hall–Kier alpha value is -1.95. The van der Waals surface area contributed by atoms with Gasteiger partial charge in [0.05, 0.1) is 0 Å². The molecule has 0 aliphatic carbocycles. The molecular formula is C12H17N3O3. The Morgan fingerprint density at radius 2 is 1.83 bits per heavy atom. The Labute approximate surface area is 105 Å². The van der Waals surface area contributed by atoms with Crippen LogP contribution < -0.4 is 5.32 Å². The number of piperazine rings is 1. The highest BCUT2D eigenvalue weighted by Crippen LogP contribution is 2.27. The second-order valence-electron chi connectivity index (χ2n) is 4.42. The van der Waals surface area contributed by atoms with Crippen molar-refractivity contribution < 1.29 is 15.0 Å². The molecule has 98 valence electrons. The van der Waals surface area contributed by atoms with Gasteiger partial charge in [-0.25, -0.2) is 4.79 Å². The number of carbonyl (C=O) groups is 1. The van der Waals surface area contributed by atoms with Crippen LogP contribution in [0.4, 0.5) is 10.5 Å². The number of rotatable bonds is 1. The summed E-state index contributed by atoms with van der Waals surface area (Å²) in [5, 5.41) is 21.2. The van der Waals surface area contributed by atoms with Gasteiger partial charge < -0.3 is 25.3 Å². The zero-order valence-electron chi connectivity index (χ0n) is 10.3. The van der Waals surface area contributed by atoms with Crippen molar-refractivity contribution in [2.24, 2.45) is 0 Å². The van der Waals surface area contributed by atoms with Crippen LogP contribution in [-0.2, 0) is 0 Å². The fourth-order valence-electron chi connectivity index (χ4n) is 1.81. The molecule has 18 heavy (non-hydrogen) atoms. The largest absolute Gasteiger partial charge is 0.504 e. The van der Waals surface area contributed by atoms with Crippen molar-refractivity contribution in [1.29, 1.82) is 0 Å². The third-order valence-corrected chi connectivity index (χ3v) is 3.02. The summed E-state index contributed by atoms with van der Waals surface area (Å²) in [7, 11) is 2.02. The molecule has 1 aromatic rings. The molecule has 6 heteroatoms. The molecule has 6 nitrogen and oxygen atoms in total. The van der Waals surface area contributed by atoms with E-state index in [-0.39, 0.29) is 17.5 Å². The first-order valence-electron chi connectivity index (χ1n) is 5.83. The van der Waals surface area contributed by atoms with Gasteiger partial charge in [0, 0.05) is 37.9 Å². The van der Waals surface area contributed by atoms with Crippen molar-refractivity contribution in [2.75, 3.05) is 38.5 Å². The summed E-state index contributed by atoms with van der Waals surface area (Å²) >= 11 is 0. The van der Waals surface area contributed by atoms with E-state index in [1.54, 1.807) is 11.0 Å². The van der Waals surface area contributed by atoms with Gasteiger partial charge in [0.1, 0.15) is 0 Å². The Morgan fingerprint density at radius 3 is 2.44 bits per heavy atom. The van der Waals surface area contributed by atoms with Gasteiger partial charge in [-0.05, 0) is 19.2 Å². The Bertz CT molecular complexity index is 442. The topological polar surface area (TPSA) is 76.0 Å². The highest BCUT2D eigenvalue weighted by atomic mass is 16.3. The number of aromatic hydroxyl groups is 2. The number of hydrogen-bond donors (Lipinski definition) is 3. The van der Waals surface area contributed by atoms with Gasteiger partial charge in [-0.15, -0.1) is 0 Å². The molecular weight excluding hydrogens is 234 g/mol. The molecule has 0 atom stereocenters. The van der Waals surface area contributed by atoms with Crippen LogP contribution in [0.25, 0.3) is 0 Å². The Morgan fingerprint density at radius 1 is 1.17 bits per heavy atom. The molecule has 0 radical (unpaired) electrons. The van der Waals surface area contributed by atoms with E-state index in [1.165, 1.54) is 12.1 Å². The fraction of sp³-hybridized carbons (Fsp3) is 0.417. The first-order valence-corrected chi connectivity index (χ1v) is 5.83. The Balaban J connectivity index is 1.96. The summed E-state index contributed by atoms with van der Waals surface area (Å²) in [6.45, 7) is 3.08. The average molecular weight is 251 g/mol. The first kappa shape index (κ1) is 12.5. The van der Waals surface area contributed by atoms with Crippen molar-refractivity contribution in [1.82, 2.24) is 9.80 Å². The third kappa shape index (κ3) is 2.84. The van der Waals surface area contributed by atoms with Crippen LogP contribution in [0.15, 0.2) is 18.2 Å². The molecule has 1 fully saturated rings. The molecule has 1 heterocycles. The van der Waals surface area contributed by atoms with E-state index in [4.69, 9.17) is 0 Å². The zero-order chi connectivity index (χ0) is 13.1. The van der Waals surface area contributed by atoms with Crippen molar-refractivity contribution in [3.63, 3.8) is 0 Å². The minimum atomic E-state index is -0.244. The van der Waals surface area contributed by atoms with E-state index in [1.807, 2.05) is 7.05 Å². The molecule has 1 aliphatic heterocycles. The lowest BCUT2D eigenvalue weighted by molar-refractivity contribution is 0.164. The highest BCUT2D eigenvalue weighted by molar-refractivity contribution is 5.89. The van der Waals surface area contributed by atoms with Crippen LogP contribution in [0, 0.1) is 0 Å². The minimum absolute atomic E-state index is 0.187. The normalized spacial score (nSPS) is 16.6. The number of nitrogens with one attached hydrogen (secondary N) is 1. The highest BCUT2D eigenvalue weighted by Gasteiger charge is 2.19. The third-order valence-electron chi connectivity index (χ3n) is 3.02. The van der Waals surface area contributed by atoms with E-state index in [0.717, 1.165) is 13.1 Å². The van der Waals surface area contributed by atoms with Crippen molar-refractivity contribution >= 4 is 11.7 Å². The molecule has 1 saturated heterocycles. The van der Waals surface area contributed by atoms with Crippen LogP contribution in [0.2, 0.25) is 0 Å². The molecule has 3 N–H and O–H groups in total. The number of phenolic OH excluding ortho intramolecular Hbond substituents is 2. The molecule has 0 bridgehead atoms. The van der Waals surface area contributed by atoms with Crippen molar-refractivity contribution in [2.45, 2.75) is 0 Å². The summed E-state index contributed by atoms with van der Waals surface area (Å²) < 4.78 is 0. The van der Waals surface area contributed by atoms with Gasteiger partial charge >= 0.3 is 6.03 Å². The van der Waals surface area contributed by atoms with Crippen LogP contribution in [0.1, 0.15) is 0 Å². The van der Waals surface area contributed by atoms with Gasteiger partial charge in [-0.1, -0.05) is 0 Å². The second kappa shape index (κ2) is 5.14. The van der Waals surface area contributed by atoms with Crippen LogP contribution in [0.3, 0.4) is 0 Å². The molecule has 0 saturated carbocycles. The number of urea groups is 1. The fourth-order valence-corrected chi connectivity index (χ4v) is 1.81. The number of anilines is 1. The van der Waals surface area contributed by atoms with Crippen LogP contribution >= 0.6 is 0 Å². The number of benzene rings is 1. The summed E-state index contributed by atoms with van der Waals surface area (Å²) in [6.07, 6.45) is 0. The van der Waals surface area contributed by atoms with E-state index >= 15 is 0 Å². The number of likely N-dealkylation sites (N-methyl/N-ethyl adjacent to an activating group) is 1. The first-order chi connectivity index (χ1) is 8.56. The predicted octanol–water partition coefficient (Wildman–Crippen LogP) is 0.877. The number of nitrogens with zero attached hydrogens (tertiary/aromatic N) is 2. The van der Waals surface area contributed by atoms with E-state index in [9.17, 15) is 15.0 Å². The van der Waals surface area contributed by atoms with Crippen molar-refractivity contribution in [3.05, 3.63) is 18.2 Å². The number of carbonyl (C=O) groups excluding carboxylic acids is 1. The standard InChI is InChI=1S/C12H17N3O3/c1-14-4-6-15(7-5-14)12(18)13-9-2-3-10(16)11(17)8-9/h2-3,8,16-17H,4-7H2,1H3,(H,13,18). The van der Waals surface area contributed by atoms with E-state index < -0.39 is 0 Å².